The number of benzene rings is 1. The van der Waals surface area contributed by atoms with E-state index in [1.807, 2.05) is 4.90 Å². The third-order valence-corrected chi connectivity index (χ3v) is 4.44. The van der Waals surface area contributed by atoms with Crippen LogP contribution in [-0.4, -0.2) is 41.8 Å². The fourth-order valence-corrected chi connectivity index (χ4v) is 3.14. The summed E-state index contributed by atoms with van der Waals surface area (Å²) in [6, 6.07) is 4.22. The van der Waals surface area contributed by atoms with Gasteiger partial charge in [-0.05, 0) is 44.4 Å². The number of hydrogen-bond donors (Lipinski definition) is 1. The summed E-state index contributed by atoms with van der Waals surface area (Å²) >= 11 is 0. The Labute approximate surface area is 143 Å². The van der Waals surface area contributed by atoms with Gasteiger partial charge in [0, 0.05) is 24.5 Å². The van der Waals surface area contributed by atoms with Crippen LogP contribution in [0.4, 0.5) is 23.5 Å². The van der Waals surface area contributed by atoms with E-state index in [-0.39, 0.29) is 11.9 Å². The summed E-state index contributed by atoms with van der Waals surface area (Å²) in [5.41, 5.74) is 1.36. The molecule has 1 N–H and O–H groups in total. The molecule has 0 unspecified atom stereocenters. The van der Waals surface area contributed by atoms with Gasteiger partial charge in [-0.25, -0.2) is 14.4 Å². The predicted octanol–water partition coefficient (Wildman–Crippen LogP) is 3.59. The van der Waals surface area contributed by atoms with E-state index in [1.165, 1.54) is 12.1 Å². The summed E-state index contributed by atoms with van der Waals surface area (Å²) in [5.74, 6) is 0.216. The summed E-state index contributed by atoms with van der Waals surface area (Å²) < 4.78 is 50.4. The topological polar surface area (TPSA) is 41.1 Å². The molecule has 136 valence electrons. The molecule has 0 amide bonds. The summed E-state index contributed by atoms with van der Waals surface area (Å²) in [6.45, 7) is 2.12. The molecule has 2 heterocycles. The Morgan fingerprint density at radius 3 is 2.76 bits per heavy atom. The van der Waals surface area contributed by atoms with Gasteiger partial charge in [-0.2, -0.15) is 13.2 Å². The molecular formula is C17H20F4N4. The van der Waals surface area contributed by atoms with Gasteiger partial charge in [-0.1, -0.05) is 0 Å². The molecule has 0 spiro atoms. The molecule has 25 heavy (non-hydrogen) atoms. The highest BCUT2D eigenvalue weighted by Gasteiger charge is 2.29. The molecule has 0 radical (unpaired) electrons. The number of aromatic nitrogens is 2. The zero-order valence-electron chi connectivity index (χ0n) is 13.9. The smallest absolute Gasteiger partial charge is 0.341 e. The Hall–Kier alpha value is -1.96. The normalized spacial score (nSPS) is 19.2. The molecule has 1 aliphatic rings. The maximum atomic E-state index is 13.4. The number of halogens is 4. The van der Waals surface area contributed by atoms with Crippen molar-refractivity contribution < 1.29 is 17.6 Å². The maximum Gasteiger partial charge on any atom is 0.401 e. The minimum absolute atomic E-state index is 0.165. The molecule has 1 atom stereocenters. The molecule has 1 fully saturated rings. The van der Waals surface area contributed by atoms with Gasteiger partial charge in [0.15, 0.2) is 0 Å². The van der Waals surface area contributed by atoms with Crippen LogP contribution in [0.25, 0.3) is 10.9 Å². The highest BCUT2D eigenvalue weighted by atomic mass is 19.4. The number of anilines is 1. The molecule has 2 aromatic rings. The van der Waals surface area contributed by atoms with Crippen LogP contribution in [0.2, 0.25) is 0 Å². The lowest BCUT2D eigenvalue weighted by molar-refractivity contribution is -0.126. The molecule has 3 rings (SSSR count). The maximum absolute atomic E-state index is 13.4. The van der Waals surface area contributed by atoms with Gasteiger partial charge in [-0.3, -0.25) is 0 Å². The molecule has 0 saturated carbocycles. The number of rotatable bonds is 3. The van der Waals surface area contributed by atoms with Crippen molar-refractivity contribution in [1.29, 1.82) is 0 Å². The van der Waals surface area contributed by atoms with Gasteiger partial charge < -0.3 is 10.2 Å². The van der Waals surface area contributed by atoms with E-state index in [4.69, 9.17) is 0 Å². The lowest BCUT2D eigenvalue weighted by atomic mass is 10.1. The Kier molecular flexibility index (Phi) is 5.08. The molecule has 1 aromatic carbocycles. The number of hydrogen-bond acceptors (Lipinski definition) is 4. The van der Waals surface area contributed by atoms with Gasteiger partial charge in [-0.15, -0.1) is 0 Å². The highest BCUT2D eigenvalue weighted by molar-refractivity contribution is 5.81. The van der Waals surface area contributed by atoms with Crippen LogP contribution in [0.1, 0.15) is 25.0 Å². The summed E-state index contributed by atoms with van der Waals surface area (Å²) in [7, 11) is 0. The highest BCUT2D eigenvalue weighted by Crippen LogP contribution is 2.23. The molecular weight excluding hydrogens is 336 g/mol. The Morgan fingerprint density at radius 1 is 1.20 bits per heavy atom. The largest absolute Gasteiger partial charge is 0.401 e. The summed E-state index contributed by atoms with van der Waals surface area (Å²) in [6.07, 6.45) is -2.15. The first-order valence-electron chi connectivity index (χ1n) is 8.31. The Balaban J connectivity index is 1.72. The van der Waals surface area contributed by atoms with Crippen LogP contribution in [0.15, 0.2) is 18.2 Å². The summed E-state index contributed by atoms with van der Waals surface area (Å²) in [4.78, 5) is 11.0. The third-order valence-electron chi connectivity index (χ3n) is 4.44. The van der Waals surface area contributed by atoms with Crippen molar-refractivity contribution in [2.45, 2.75) is 38.4 Å². The van der Waals surface area contributed by atoms with Crippen molar-refractivity contribution in [2.24, 2.45) is 0 Å². The first kappa shape index (κ1) is 17.8. The standard InChI is InChI=1S/C17H20F4N4/c1-11-14-9-12(18)4-5-15(14)24-16(23-11)25-7-2-3-13(6-8-25)22-10-17(19,20)21/h4-5,9,13,22H,2-3,6-8,10H2,1H3/t13-/m0/s1. The molecule has 1 aliphatic heterocycles. The fraction of sp³-hybridized carbons (Fsp3) is 0.529. The van der Waals surface area contributed by atoms with Crippen LogP contribution in [0.3, 0.4) is 0 Å². The van der Waals surface area contributed by atoms with Crippen LogP contribution in [0, 0.1) is 12.7 Å². The number of fused-ring (bicyclic) bond motifs is 1. The zero-order valence-corrected chi connectivity index (χ0v) is 13.9. The Bertz CT molecular complexity index is 747. The number of aryl methyl sites for hydroxylation is 1. The number of alkyl halides is 3. The lowest BCUT2D eigenvalue weighted by Gasteiger charge is -2.22. The van der Waals surface area contributed by atoms with Crippen molar-refractivity contribution in [3.63, 3.8) is 0 Å². The molecule has 0 aliphatic carbocycles. The first-order valence-corrected chi connectivity index (χ1v) is 8.31. The van der Waals surface area contributed by atoms with E-state index in [1.54, 1.807) is 13.0 Å². The molecule has 1 aromatic heterocycles. The van der Waals surface area contributed by atoms with E-state index in [9.17, 15) is 17.6 Å². The second-order valence-electron chi connectivity index (χ2n) is 6.38. The van der Waals surface area contributed by atoms with Crippen LogP contribution >= 0.6 is 0 Å². The predicted molar refractivity (Wildman–Crippen MR) is 88.1 cm³/mol. The van der Waals surface area contributed by atoms with E-state index in [0.717, 1.165) is 6.42 Å². The van der Waals surface area contributed by atoms with E-state index < -0.39 is 12.7 Å². The molecule has 0 bridgehead atoms. The first-order chi connectivity index (χ1) is 11.8. The fourth-order valence-electron chi connectivity index (χ4n) is 3.14. The third kappa shape index (κ3) is 4.56. The van der Waals surface area contributed by atoms with Gasteiger partial charge >= 0.3 is 6.18 Å². The van der Waals surface area contributed by atoms with Gasteiger partial charge in [0.1, 0.15) is 5.82 Å². The van der Waals surface area contributed by atoms with Crippen LogP contribution < -0.4 is 10.2 Å². The second-order valence-corrected chi connectivity index (χ2v) is 6.38. The zero-order chi connectivity index (χ0) is 18.0. The Morgan fingerprint density at radius 2 is 2.00 bits per heavy atom. The van der Waals surface area contributed by atoms with Crippen LogP contribution in [0.5, 0.6) is 0 Å². The average molecular weight is 356 g/mol. The molecule has 1 saturated heterocycles. The van der Waals surface area contributed by atoms with E-state index in [2.05, 4.69) is 15.3 Å². The molecule has 4 nitrogen and oxygen atoms in total. The van der Waals surface area contributed by atoms with Crippen molar-refractivity contribution >= 4 is 16.9 Å². The van der Waals surface area contributed by atoms with Gasteiger partial charge in [0.05, 0.1) is 17.8 Å². The minimum atomic E-state index is -4.19. The van der Waals surface area contributed by atoms with Crippen molar-refractivity contribution in [3.8, 4) is 0 Å². The number of nitrogens with one attached hydrogen (secondary N) is 1. The summed E-state index contributed by atoms with van der Waals surface area (Å²) in [5, 5.41) is 3.26. The van der Waals surface area contributed by atoms with E-state index in [0.29, 0.717) is 48.5 Å². The second kappa shape index (κ2) is 7.11. The molecule has 8 heteroatoms. The van der Waals surface area contributed by atoms with E-state index >= 15 is 0 Å². The van der Waals surface area contributed by atoms with Crippen molar-refractivity contribution in [3.05, 3.63) is 29.7 Å². The minimum Gasteiger partial charge on any atom is -0.341 e. The average Bonchev–Trinajstić information content (AvgIpc) is 2.78. The quantitative estimate of drug-likeness (QED) is 0.854. The SMILES string of the molecule is Cc1nc(N2CCC[C@H](NCC(F)(F)F)CC2)nc2ccc(F)cc12. The number of nitrogens with zero attached hydrogens (tertiary/aromatic N) is 3. The monoisotopic (exact) mass is 356 g/mol. The van der Waals surface area contributed by atoms with Crippen molar-refractivity contribution in [1.82, 2.24) is 15.3 Å². The lowest BCUT2D eigenvalue weighted by Crippen LogP contribution is -2.37. The van der Waals surface area contributed by atoms with Gasteiger partial charge in [0.25, 0.3) is 0 Å². The van der Waals surface area contributed by atoms with Crippen molar-refractivity contribution in [2.75, 3.05) is 24.5 Å². The van der Waals surface area contributed by atoms with Crippen LogP contribution in [-0.2, 0) is 0 Å². The van der Waals surface area contributed by atoms with Gasteiger partial charge in [0.2, 0.25) is 5.95 Å².